The van der Waals surface area contributed by atoms with Crippen molar-refractivity contribution in [2.24, 2.45) is 0 Å². The second-order valence-corrected chi connectivity index (χ2v) is 5.56. The Balaban J connectivity index is 1.84. The Hall–Kier alpha value is -0.490. The van der Waals surface area contributed by atoms with Crippen molar-refractivity contribution in [3.8, 4) is 0 Å². The Morgan fingerprint density at radius 2 is 2.41 bits per heavy atom. The molecular formula is C12H20N2O2S. The monoisotopic (exact) mass is 256 g/mol. The first-order valence-corrected chi connectivity index (χ1v) is 6.94. The minimum Gasteiger partial charge on any atom is -0.394 e. The van der Waals surface area contributed by atoms with E-state index in [9.17, 15) is 0 Å². The summed E-state index contributed by atoms with van der Waals surface area (Å²) in [6.45, 7) is 7.04. The molecule has 0 bridgehead atoms. The van der Waals surface area contributed by atoms with E-state index >= 15 is 0 Å². The van der Waals surface area contributed by atoms with E-state index in [0.717, 1.165) is 31.7 Å². The zero-order valence-electron chi connectivity index (χ0n) is 10.4. The molecule has 0 spiro atoms. The minimum absolute atomic E-state index is 0.0266. The van der Waals surface area contributed by atoms with E-state index in [4.69, 9.17) is 9.84 Å². The zero-order valence-corrected chi connectivity index (χ0v) is 11.2. The molecule has 1 aliphatic heterocycles. The van der Waals surface area contributed by atoms with Crippen LogP contribution in [0.1, 0.15) is 17.5 Å². The summed E-state index contributed by atoms with van der Waals surface area (Å²) in [5.74, 6) is 0. The molecule has 0 aromatic carbocycles. The summed E-state index contributed by atoms with van der Waals surface area (Å²) in [5, 5.41) is 9.16. The van der Waals surface area contributed by atoms with Crippen LogP contribution in [-0.4, -0.2) is 53.4 Å². The largest absolute Gasteiger partial charge is 0.394 e. The number of aromatic nitrogens is 1. The third kappa shape index (κ3) is 3.48. The molecule has 0 amide bonds. The van der Waals surface area contributed by atoms with Gasteiger partial charge in [0.25, 0.3) is 0 Å². The Labute approximate surface area is 106 Å². The van der Waals surface area contributed by atoms with Crippen molar-refractivity contribution < 1.29 is 9.84 Å². The molecule has 2 atom stereocenters. The normalized spacial score (nSPS) is 26.3. The van der Waals surface area contributed by atoms with Crippen LogP contribution in [0.2, 0.25) is 0 Å². The van der Waals surface area contributed by atoms with Gasteiger partial charge in [-0.15, -0.1) is 11.3 Å². The van der Waals surface area contributed by atoms with Crippen LogP contribution >= 0.6 is 11.3 Å². The van der Waals surface area contributed by atoms with Crippen LogP contribution in [0.25, 0.3) is 0 Å². The highest BCUT2D eigenvalue weighted by Gasteiger charge is 2.24. The standard InChI is InChI=1S/C12H20N2O2S/c1-9-5-14(6-11(7-15)16-9)4-3-12-10(2)13-8-17-12/h8-9,11,15H,3-7H2,1-2H3. The molecule has 0 saturated carbocycles. The van der Waals surface area contributed by atoms with E-state index in [2.05, 4.69) is 23.7 Å². The van der Waals surface area contributed by atoms with Gasteiger partial charge < -0.3 is 9.84 Å². The number of thiazole rings is 1. The third-order valence-corrected chi connectivity index (χ3v) is 4.10. The van der Waals surface area contributed by atoms with Crippen LogP contribution in [0.15, 0.2) is 5.51 Å². The summed E-state index contributed by atoms with van der Waals surface area (Å²) in [6, 6.07) is 0. The van der Waals surface area contributed by atoms with Gasteiger partial charge in [0.2, 0.25) is 0 Å². The maximum Gasteiger partial charge on any atom is 0.0936 e. The van der Waals surface area contributed by atoms with Crippen LogP contribution in [0.3, 0.4) is 0 Å². The molecule has 0 radical (unpaired) electrons. The first kappa shape index (κ1) is 13.0. The van der Waals surface area contributed by atoms with Gasteiger partial charge in [-0.3, -0.25) is 4.90 Å². The van der Waals surface area contributed by atoms with E-state index in [-0.39, 0.29) is 18.8 Å². The molecule has 0 aliphatic carbocycles. The van der Waals surface area contributed by atoms with E-state index in [1.165, 1.54) is 4.88 Å². The number of aliphatic hydroxyl groups is 1. The van der Waals surface area contributed by atoms with Gasteiger partial charge in [-0.2, -0.15) is 0 Å². The lowest BCUT2D eigenvalue weighted by Gasteiger charge is -2.36. The Morgan fingerprint density at radius 3 is 3.06 bits per heavy atom. The Bertz CT molecular complexity index is 356. The highest BCUT2D eigenvalue weighted by Crippen LogP contribution is 2.15. The van der Waals surface area contributed by atoms with Crippen LogP contribution in [0, 0.1) is 6.92 Å². The quantitative estimate of drug-likeness (QED) is 0.875. The molecule has 2 heterocycles. The van der Waals surface area contributed by atoms with Gasteiger partial charge in [0.05, 0.1) is 30.0 Å². The summed E-state index contributed by atoms with van der Waals surface area (Å²) in [5.41, 5.74) is 3.05. The predicted octanol–water partition coefficient (Wildman–Crippen LogP) is 1.08. The second-order valence-electron chi connectivity index (χ2n) is 4.62. The Morgan fingerprint density at radius 1 is 1.59 bits per heavy atom. The second kappa shape index (κ2) is 5.91. The fourth-order valence-corrected chi connectivity index (χ4v) is 3.02. The molecule has 4 nitrogen and oxygen atoms in total. The number of hydrogen-bond donors (Lipinski definition) is 1. The summed E-state index contributed by atoms with van der Waals surface area (Å²) in [7, 11) is 0. The van der Waals surface area contributed by atoms with E-state index in [1.54, 1.807) is 11.3 Å². The average molecular weight is 256 g/mol. The van der Waals surface area contributed by atoms with Gasteiger partial charge >= 0.3 is 0 Å². The molecule has 96 valence electrons. The average Bonchev–Trinajstić information content (AvgIpc) is 2.71. The molecule has 2 unspecified atom stereocenters. The maximum absolute atomic E-state index is 9.16. The van der Waals surface area contributed by atoms with Gasteiger partial charge in [0, 0.05) is 24.5 Å². The summed E-state index contributed by atoms with van der Waals surface area (Å²) >= 11 is 1.73. The number of aliphatic hydroxyl groups excluding tert-OH is 1. The first-order chi connectivity index (χ1) is 8.19. The van der Waals surface area contributed by atoms with Crippen molar-refractivity contribution in [3.05, 3.63) is 16.1 Å². The summed E-state index contributed by atoms with van der Waals surface area (Å²) in [4.78, 5) is 8.00. The zero-order chi connectivity index (χ0) is 12.3. The molecule has 1 N–H and O–H groups in total. The lowest BCUT2D eigenvalue weighted by Crippen LogP contribution is -2.48. The van der Waals surface area contributed by atoms with Gasteiger partial charge in [-0.25, -0.2) is 4.98 Å². The van der Waals surface area contributed by atoms with Gasteiger partial charge in [0.15, 0.2) is 0 Å². The summed E-state index contributed by atoms with van der Waals surface area (Å²) in [6.07, 6.45) is 1.23. The molecule has 2 rings (SSSR count). The lowest BCUT2D eigenvalue weighted by molar-refractivity contribution is -0.0947. The van der Waals surface area contributed by atoms with Crippen molar-refractivity contribution in [2.45, 2.75) is 32.5 Å². The maximum atomic E-state index is 9.16. The predicted molar refractivity (Wildman–Crippen MR) is 68.4 cm³/mol. The SMILES string of the molecule is Cc1ncsc1CCN1CC(C)OC(CO)C1. The van der Waals surface area contributed by atoms with E-state index in [0.29, 0.717) is 0 Å². The summed E-state index contributed by atoms with van der Waals surface area (Å²) < 4.78 is 5.63. The molecule has 1 saturated heterocycles. The smallest absolute Gasteiger partial charge is 0.0936 e. The van der Waals surface area contributed by atoms with Crippen molar-refractivity contribution in [3.63, 3.8) is 0 Å². The fourth-order valence-electron chi connectivity index (χ4n) is 2.25. The highest BCUT2D eigenvalue weighted by molar-refractivity contribution is 7.09. The number of aryl methyl sites for hydroxylation is 1. The van der Waals surface area contributed by atoms with Crippen molar-refractivity contribution >= 4 is 11.3 Å². The number of rotatable bonds is 4. The highest BCUT2D eigenvalue weighted by atomic mass is 32.1. The molecule has 1 aromatic rings. The van der Waals surface area contributed by atoms with Crippen LogP contribution in [0.4, 0.5) is 0 Å². The van der Waals surface area contributed by atoms with Gasteiger partial charge in [-0.1, -0.05) is 0 Å². The van der Waals surface area contributed by atoms with Crippen LogP contribution in [-0.2, 0) is 11.2 Å². The van der Waals surface area contributed by atoms with Gasteiger partial charge in [0.1, 0.15) is 0 Å². The Kier molecular flexibility index (Phi) is 4.50. The van der Waals surface area contributed by atoms with E-state index < -0.39 is 0 Å². The number of ether oxygens (including phenoxy) is 1. The van der Waals surface area contributed by atoms with Crippen LogP contribution in [0.5, 0.6) is 0 Å². The van der Waals surface area contributed by atoms with Crippen molar-refractivity contribution in [2.75, 3.05) is 26.2 Å². The number of nitrogens with zero attached hydrogens (tertiary/aromatic N) is 2. The fraction of sp³-hybridized carbons (Fsp3) is 0.750. The van der Waals surface area contributed by atoms with E-state index in [1.807, 2.05) is 5.51 Å². The third-order valence-electron chi connectivity index (χ3n) is 3.11. The molecule has 1 fully saturated rings. The number of morpholine rings is 1. The molecule has 5 heteroatoms. The topological polar surface area (TPSA) is 45.6 Å². The number of hydrogen-bond acceptors (Lipinski definition) is 5. The first-order valence-electron chi connectivity index (χ1n) is 6.06. The van der Waals surface area contributed by atoms with Gasteiger partial charge in [-0.05, 0) is 20.3 Å². The molecular weight excluding hydrogens is 236 g/mol. The minimum atomic E-state index is -0.0266. The molecule has 17 heavy (non-hydrogen) atoms. The van der Waals surface area contributed by atoms with Crippen molar-refractivity contribution in [1.82, 2.24) is 9.88 Å². The lowest BCUT2D eigenvalue weighted by atomic mass is 10.2. The molecule has 1 aromatic heterocycles. The van der Waals surface area contributed by atoms with Crippen molar-refractivity contribution in [1.29, 1.82) is 0 Å². The molecule has 1 aliphatic rings. The van der Waals surface area contributed by atoms with Crippen LogP contribution < -0.4 is 0 Å².